The molecule has 0 aliphatic rings. The minimum Gasteiger partial charge on any atom is -0.493 e. The van der Waals surface area contributed by atoms with Crippen molar-refractivity contribution in [1.82, 2.24) is 9.55 Å². The fraction of sp³-hybridized carbons (Fsp3) is 0.296. The van der Waals surface area contributed by atoms with E-state index in [-0.39, 0.29) is 0 Å². The Balaban J connectivity index is 1.43. The molecule has 1 heterocycles. The van der Waals surface area contributed by atoms with E-state index in [9.17, 15) is 0 Å². The van der Waals surface area contributed by atoms with Crippen LogP contribution in [0.4, 0.5) is 0 Å². The van der Waals surface area contributed by atoms with Crippen LogP contribution in [0.15, 0.2) is 72.8 Å². The van der Waals surface area contributed by atoms with E-state index >= 15 is 0 Å². The maximum absolute atomic E-state index is 6.07. The molecule has 0 fully saturated rings. The minimum atomic E-state index is 0.420. The molecular weight excluding hydrogens is 400 g/mol. The van der Waals surface area contributed by atoms with E-state index < -0.39 is 0 Å². The van der Waals surface area contributed by atoms with Crippen LogP contribution < -0.4 is 14.2 Å². The van der Waals surface area contributed by atoms with Crippen molar-refractivity contribution in [1.29, 1.82) is 0 Å². The Morgan fingerprint density at radius 1 is 0.844 bits per heavy atom. The lowest BCUT2D eigenvalue weighted by atomic mass is 10.0. The first-order valence-electron chi connectivity index (χ1n) is 11.1. The Morgan fingerprint density at radius 3 is 2.31 bits per heavy atom. The van der Waals surface area contributed by atoms with Crippen LogP contribution in [-0.4, -0.2) is 23.3 Å². The normalized spacial score (nSPS) is 11.1. The first-order chi connectivity index (χ1) is 15.7. The average Bonchev–Trinajstić information content (AvgIpc) is 3.18. The third-order valence-electron chi connectivity index (χ3n) is 5.50. The summed E-state index contributed by atoms with van der Waals surface area (Å²) in [5, 5.41) is 0. The lowest BCUT2D eigenvalue weighted by Gasteiger charge is -2.13. The summed E-state index contributed by atoms with van der Waals surface area (Å²) in [5.74, 6) is 3.78. The summed E-state index contributed by atoms with van der Waals surface area (Å²) in [6.07, 6.45) is 0.842. The van der Waals surface area contributed by atoms with Gasteiger partial charge >= 0.3 is 0 Å². The summed E-state index contributed by atoms with van der Waals surface area (Å²) in [7, 11) is 1.66. The second kappa shape index (κ2) is 10.2. The van der Waals surface area contributed by atoms with Gasteiger partial charge < -0.3 is 18.8 Å². The molecule has 0 bridgehead atoms. The number of nitrogens with zero attached hydrogens (tertiary/aromatic N) is 2. The number of aromatic nitrogens is 2. The van der Waals surface area contributed by atoms with E-state index in [1.165, 1.54) is 5.56 Å². The van der Waals surface area contributed by atoms with E-state index in [0.717, 1.165) is 47.1 Å². The second-order valence-electron chi connectivity index (χ2n) is 8.03. The summed E-state index contributed by atoms with van der Waals surface area (Å²) in [4.78, 5) is 4.81. The Bertz CT molecular complexity index is 1150. The lowest BCUT2D eigenvalue weighted by Crippen LogP contribution is -2.10. The predicted molar refractivity (Wildman–Crippen MR) is 128 cm³/mol. The molecule has 0 radical (unpaired) electrons. The smallest absolute Gasteiger partial charge is 0.161 e. The van der Waals surface area contributed by atoms with Crippen molar-refractivity contribution in [3.63, 3.8) is 0 Å². The zero-order valence-corrected chi connectivity index (χ0v) is 19.0. The van der Waals surface area contributed by atoms with E-state index in [0.29, 0.717) is 19.1 Å². The quantitative estimate of drug-likeness (QED) is 0.280. The summed E-state index contributed by atoms with van der Waals surface area (Å²) >= 11 is 0. The molecule has 0 saturated heterocycles. The van der Waals surface area contributed by atoms with Gasteiger partial charge in [0.25, 0.3) is 0 Å². The van der Waals surface area contributed by atoms with Gasteiger partial charge in [-0.05, 0) is 54.3 Å². The second-order valence-corrected chi connectivity index (χ2v) is 8.03. The highest BCUT2D eigenvalue weighted by atomic mass is 16.5. The number of para-hydroxylation sites is 4. The third kappa shape index (κ3) is 5.05. The van der Waals surface area contributed by atoms with Gasteiger partial charge in [-0.3, -0.25) is 0 Å². The molecule has 3 aromatic carbocycles. The van der Waals surface area contributed by atoms with Crippen LogP contribution in [-0.2, 0) is 13.2 Å². The zero-order chi connectivity index (χ0) is 22.3. The minimum absolute atomic E-state index is 0.420. The van der Waals surface area contributed by atoms with Crippen molar-refractivity contribution in [2.24, 2.45) is 0 Å². The standard InChI is InChI=1S/C27H30N2O3/c1-20(2)21-13-15-22(16-14-21)32-19-27-28-23-9-4-5-10-24(23)29(27)17-8-18-31-26-12-7-6-11-25(26)30-3/h4-7,9-16,20H,8,17-19H2,1-3H3. The number of hydrogen-bond donors (Lipinski definition) is 0. The zero-order valence-electron chi connectivity index (χ0n) is 19.0. The number of ether oxygens (including phenoxy) is 3. The maximum Gasteiger partial charge on any atom is 0.161 e. The van der Waals surface area contributed by atoms with Gasteiger partial charge in [-0.15, -0.1) is 0 Å². The van der Waals surface area contributed by atoms with Gasteiger partial charge in [-0.2, -0.15) is 0 Å². The largest absolute Gasteiger partial charge is 0.493 e. The number of aryl methyl sites for hydroxylation is 1. The maximum atomic E-state index is 6.07. The molecule has 0 aliphatic carbocycles. The van der Waals surface area contributed by atoms with Gasteiger partial charge in [-0.1, -0.05) is 50.2 Å². The highest BCUT2D eigenvalue weighted by molar-refractivity contribution is 5.75. The number of benzene rings is 3. The van der Waals surface area contributed by atoms with Gasteiger partial charge in [0.15, 0.2) is 11.5 Å². The van der Waals surface area contributed by atoms with Crippen molar-refractivity contribution in [3.05, 3.63) is 84.2 Å². The summed E-state index contributed by atoms with van der Waals surface area (Å²) in [6.45, 7) is 6.18. The number of fused-ring (bicyclic) bond motifs is 1. The molecule has 0 aliphatic heterocycles. The van der Waals surface area contributed by atoms with Crippen molar-refractivity contribution in [2.75, 3.05) is 13.7 Å². The number of rotatable bonds is 10. The molecular formula is C27H30N2O3. The third-order valence-corrected chi connectivity index (χ3v) is 5.50. The Morgan fingerprint density at radius 2 is 1.56 bits per heavy atom. The molecule has 32 heavy (non-hydrogen) atoms. The van der Waals surface area contributed by atoms with Gasteiger partial charge in [0.2, 0.25) is 0 Å². The van der Waals surface area contributed by atoms with Crippen LogP contribution in [0, 0.1) is 0 Å². The van der Waals surface area contributed by atoms with E-state index in [1.807, 2.05) is 54.6 Å². The van der Waals surface area contributed by atoms with Crippen LogP contribution in [0.25, 0.3) is 11.0 Å². The van der Waals surface area contributed by atoms with Crippen molar-refractivity contribution in [2.45, 2.75) is 39.3 Å². The number of methoxy groups -OCH3 is 1. The van der Waals surface area contributed by atoms with E-state index in [1.54, 1.807) is 7.11 Å². The van der Waals surface area contributed by atoms with Gasteiger partial charge in [0, 0.05) is 6.54 Å². The summed E-state index contributed by atoms with van der Waals surface area (Å²) < 4.78 is 19.6. The topological polar surface area (TPSA) is 45.5 Å². The van der Waals surface area contributed by atoms with E-state index in [4.69, 9.17) is 19.2 Å². The molecule has 0 unspecified atom stereocenters. The van der Waals surface area contributed by atoms with Crippen molar-refractivity contribution < 1.29 is 14.2 Å². The molecule has 4 aromatic rings. The summed E-state index contributed by atoms with van der Waals surface area (Å²) in [5.41, 5.74) is 3.39. The lowest BCUT2D eigenvalue weighted by molar-refractivity contribution is 0.273. The summed E-state index contributed by atoms with van der Waals surface area (Å²) in [6, 6.07) is 24.2. The van der Waals surface area contributed by atoms with Gasteiger partial charge in [-0.25, -0.2) is 4.98 Å². The molecule has 5 heteroatoms. The Labute approximate surface area is 189 Å². The Hall–Kier alpha value is -3.47. The SMILES string of the molecule is COc1ccccc1OCCCn1c(COc2ccc(C(C)C)cc2)nc2ccccc21. The van der Waals surface area contributed by atoms with Gasteiger partial charge in [0.05, 0.1) is 24.8 Å². The van der Waals surface area contributed by atoms with Crippen molar-refractivity contribution in [3.8, 4) is 17.2 Å². The average molecular weight is 431 g/mol. The molecule has 1 aromatic heterocycles. The fourth-order valence-corrected chi connectivity index (χ4v) is 3.72. The van der Waals surface area contributed by atoms with Gasteiger partial charge in [0.1, 0.15) is 18.2 Å². The Kier molecular flexibility index (Phi) is 6.95. The highest BCUT2D eigenvalue weighted by Gasteiger charge is 2.12. The molecule has 166 valence electrons. The monoisotopic (exact) mass is 430 g/mol. The predicted octanol–water partition coefficient (Wildman–Crippen LogP) is 6.22. The molecule has 0 atom stereocenters. The van der Waals surface area contributed by atoms with Crippen LogP contribution in [0.1, 0.15) is 37.6 Å². The van der Waals surface area contributed by atoms with Crippen LogP contribution in [0.2, 0.25) is 0 Å². The molecule has 0 spiro atoms. The highest BCUT2D eigenvalue weighted by Crippen LogP contribution is 2.26. The molecule has 4 rings (SSSR count). The van der Waals surface area contributed by atoms with E-state index in [2.05, 4.69) is 36.6 Å². The van der Waals surface area contributed by atoms with Crippen LogP contribution in [0.3, 0.4) is 0 Å². The number of imidazole rings is 1. The van der Waals surface area contributed by atoms with Crippen LogP contribution in [0.5, 0.6) is 17.2 Å². The first kappa shape index (κ1) is 21.8. The number of hydrogen-bond acceptors (Lipinski definition) is 4. The van der Waals surface area contributed by atoms with Crippen LogP contribution >= 0.6 is 0 Å². The first-order valence-corrected chi connectivity index (χ1v) is 11.1. The van der Waals surface area contributed by atoms with Crippen molar-refractivity contribution >= 4 is 11.0 Å². The molecule has 5 nitrogen and oxygen atoms in total. The molecule has 0 N–H and O–H groups in total. The fourth-order valence-electron chi connectivity index (χ4n) is 3.72. The molecule has 0 saturated carbocycles. The molecule has 0 amide bonds.